The van der Waals surface area contributed by atoms with Gasteiger partial charge in [-0.05, 0) is 35.9 Å². The number of carbonyl (C=O) groups excluding carboxylic acids is 1. The van der Waals surface area contributed by atoms with E-state index < -0.39 is 17.6 Å². The summed E-state index contributed by atoms with van der Waals surface area (Å²) in [6.45, 7) is 0.553. The highest BCUT2D eigenvalue weighted by molar-refractivity contribution is 6.05. The van der Waals surface area contributed by atoms with Crippen molar-refractivity contribution in [2.24, 2.45) is 0 Å². The van der Waals surface area contributed by atoms with E-state index in [1.807, 2.05) is 30.3 Å². The Bertz CT molecular complexity index is 1000. The summed E-state index contributed by atoms with van der Waals surface area (Å²) in [5.41, 5.74) is 0.608. The molecule has 0 fully saturated rings. The van der Waals surface area contributed by atoms with E-state index in [0.717, 1.165) is 11.6 Å². The first-order valence-corrected chi connectivity index (χ1v) is 9.14. The summed E-state index contributed by atoms with van der Waals surface area (Å²) >= 11 is 0. The van der Waals surface area contributed by atoms with Gasteiger partial charge in [-0.15, -0.1) is 0 Å². The summed E-state index contributed by atoms with van der Waals surface area (Å²) in [5.74, 6) is -0.131. The van der Waals surface area contributed by atoms with Gasteiger partial charge in [0.05, 0.1) is 31.6 Å². The van der Waals surface area contributed by atoms with Crippen molar-refractivity contribution in [3.63, 3.8) is 0 Å². The average Bonchev–Trinajstić information content (AvgIpc) is 2.74. The zero-order valence-corrected chi connectivity index (χ0v) is 16.2. The maximum Gasteiger partial charge on any atom is 0.418 e. The number of anilines is 1. The van der Waals surface area contributed by atoms with Gasteiger partial charge in [-0.3, -0.25) is 4.79 Å². The monoisotopic (exact) mass is 415 g/mol. The molecule has 7 heteroatoms. The van der Waals surface area contributed by atoms with Crippen molar-refractivity contribution in [2.75, 3.05) is 12.4 Å². The van der Waals surface area contributed by atoms with Crippen LogP contribution in [0.4, 0.5) is 18.9 Å². The Balaban J connectivity index is 1.75. The molecule has 0 bridgehead atoms. The molecule has 0 aromatic heterocycles. The molecule has 156 valence electrons. The molecule has 4 nitrogen and oxygen atoms in total. The topological polar surface area (TPSA) is 47.6 Å². The molecule has 3 aromatic rings. The number of para-hydroxylation sites is 1. The van der Waals surface area contributed by atoms with Gasteiger partial charge in [-0.2, -0.15) is 13.2 Å². The number of nitrogens with one attached hydrogen (secondary N) is 1. The van der Waals surface area contributed by atoms with Gasteiger partial charge in [0.15, 0.2) is 0 Å². The van der Waals surface area contributed by atoms with Crippen LogP contribution in [0.15, 0.2) is 72.8 Å². The Hall–Kier alpha value is -3.32. The minimum absolute atomic E-state index is 0.179. The highest BCUT2D eigenvalue weighted by atomic mass is 19.4. The minimum Gasteiger partial charge on any atom is -0.496 e. The fourth-order valence-electron chi connectivity index (χ4n) is 2.92. The Morgan fingerprint density at radius 3 is 2.33 bits per heavy atom. The van der Waals surface area contributed by atoms with E-state index in [1.54, 1.807) is 12.1 Å². The number of benzene rings is 3. The molecule has 1 amide bonds. The van der Waals surface area contributed by atoms with Crippen LogP contribution >= 0.6 is 0 Å². The van der Waals surface area contributed by atoms with E-state index in [9.17, 15) is 18.0 Å². The Kier molecular flexibility index (Phi) is 6.74. The zero-order chi connectivity index (χ0) is 21.6. The third-order valence-corrected chi connectivity index (χ3v) is 4.39. The molecular formula is C23H20F3NO3. The van der Waals surface area contributed by atoms with E-state index in [1.165, 1.54) is 31.4 Å². The molecule has 0 saturated heterocycles. The normalized spacial score (nSPS) is 11.2. The lowest BCUT2D eigenvalue weighted by Crippen LogP contribution is -2.17. The van der Waals surface area contributed by atoms with Crippen molar-refractivity contribution in [1.82, 2.24) is 0 Å². The number of hydrogen-bond acceptors (Lipinski definition) is 3. The summed E-state index contributed by atoms with van der Waals surface area (Å²) < 4.78 is 50.5. The van der Waals surface area contributed by atoms with Crippen LogP contribution in [0.2, 0.25) is 0 Å². The molecule has 1 N–H and O–H groups in total. The van der Waals surface area contributed by atoms with Gasteiger partial charge in [0, 0.05) is 11.1 Å². The van der Waals surface area contributed by atoms with Crippen LogP contribution in [-0.2, 0) is 24.1 Å². The lowest BCUT2D eigenvalue weighted by atomic mass is 10.1. The molecule has 30 heavy (non-hydrogen) atoms. The van der Waals surface area contributed by atoms with Crippen LogP contribution in [0, 0.1) is 0 Å². The van der Waals surface area contributed by atoms with E-state index in [-0.39, 0.29) is 17.9 Å². The number of ether oxygens (including phenoxy) is 2. The number of alkyl halides is 3. The second kappa shape index (κ2) is 9.45. The molecule has 0 saturated carbocycles. The van der Waals surface area contributed by atoms with Gasteiger partial charge in [0.2, 0.25) is 0 Å². The number of rotatable bonds is 7. The van der Waals surface area contributed by atoms with E-state index in [2.05, 4.69) is 5.32 Å². The number of methoxy groups -OCH3 is 1. The summed E-state index contributed by atoms with van der Waals surface area (Å²) in [6.07, 6.45) is -4.57. The molecule has 0 unspecified atom stereocenters. The van der Waals surface area contributed by atoms with E-state index in [4.69, 9.17) is 9.47 Å². The number of halogens is 3. The molecule has 0 aliphatic heterocycles. The van der Waals surface area contributed by atoms with Crippen molar-refractivity contribution in [2.45, 2.75) is 19.4 Å². The first-order chi connectivity index (χ1) is 14.4. The quantitative estimate of drug-likeness (QED) is 0.540. The van der Waals surface area contributed by atoms with Gasteiger partial charge < -0.3 is 14.8 Å². The van der Waals surface area contributed by atoms with Crippen LogP contribution < -0.4 is 10.1 Å². The van der Waals surface area contributed by atoms with Gasteiger partial charge in [-0.25, -0.2) is 0 Å². The molecule has 0 aliphatic carbocycles. The summed E-state index contributed by atoms with van der Waals surface area (Å²) in [6, 6.07) is 19.1. The fraction of sp³-hybridized carbons (Fsp3) is 0.174. The molecule has 0 heterocycles. The highest BCUT2D eigenvalue weighted by Gasteiger charge is 2.33. The third-order valence-electron chi connectivity index (χ3n) is 4.39. The molecule has 3 rings (SSSR count). The van der Waals surface area contributed by atoms with Crippen LogP contribution in [0.25, 0.3) is 0 Å². The second-order valence-electron chi connectivity index (χ2n) is 6.50. The molecule has 0 radical (unpaired) electrons. The second-order valence-corrected chi connectivity index (χ2v) is 6.50. The summed E-state index contributed by atoms with van der Waals surface area (Å²) in [4.78, 5) is 12.6. The maximum atomic E-state index is 13.2. The number of amides is 1. The predicted molar refractivity (Wildman–Crippen MR) is 107 cm³/mol. The largest absolute Gasteiger partial charge is 0.496 e. The molecule has 0 aliphatic rings. The molecule has 0 spiro atoms. The molecule has 0 atom stereocenters. The van der Waals surface area contributed by atoms with Gasteiger partial charge in [0.25, 0.3) is 5.91 Å². The highest BCUT2D eigenvalue weighted by Crippen LogP contribution is 2.34. The van der Waals surface area contributed by atoms with E-state index in [0.29, 0.717) is 17.9 Å². The lowest BCUT2D eigenvalue weighted by Gasteiger charge is -2.15. The van der Waals surface area contributed by atoms with Crippen LogP contribution in [0.3, 0.4) is 0 Å². The van der Waals surface area contributed by atoms with Crippen molar-refractivity contribution >= 4 is 11.6 Å². The Morgan fingerprint density at radius 1 is 0.933 bits per heavy atom. The minimum atomic E-state index is -4.57. The van der Waals surface area contributed by atoms with Gasteiger partial charge in [0.1, 0.15) is 5.75 Å². The number of carbonyl (C=O) groups is 1. The lowest BCUT2D eigenvalue weighted by molar-refractivity contribution is -0.136. The van der Waals surface area contributed by atoms with E-state index >= 15 is 0 Å². The number of hydrogen-bond donors (Lipinski definition) is 1. The Morgan fingerprint density at radius 2 is 1.63 bits per heavy atom. The van der Waals surface area contributed by atoms with Crippen LogP contribution in [0.5, 0.6) is 5.75 Å². The van der Waals surface area contributed by atoms with Crippen molar-refractivity contribution in [3.8, 4) is 5.75 Å². The summed E-state index contributed by atoms with van der Waals surface area (Å²) in [5, 5.41) is 2.34. The molecule has 3 aromatic carbocycles. The predicted octanol–water partition coefficient (Wildman–Crippen LogP) is 5.68. The first kappa shape index (κ1) is 21.4. The maximum absolute atomic E-state index is 13.2. The van der Waals surface area contributed by atoms with Gasteiger partial charge >= 0.3 is 6.18 Å². The summed E-state index contributed by atoms with van der Waals surface area (Å²) in [7, 11) is 1.50. The van der Waals surface area contributed by atoms with Crippen LogP contribution in [-0.4, -0.2) is 13.0 Å². The smallest absolute Gasteiger partial charge is 0.418 e. The first-order valence-electron chi connectivity index (χ1n) is 9.14. The van der Waals surface area contributed by atoms with Gasteiger partial charge in [-0.1, -0.05) is 42.5 Å². The fourth-order valence-corrected chi connectivity index (χ4v) is 2.92. The zero-order valence-electron chi connectivity index (χ0n) is 16.2. The van der Waals surface area contributed by atoms with Crippen molar-refractivity contribution in [1.29, 1.82) is 0 Å². The molecular weight excluding hydrogens is 395 g/mol. The van der Waals surface area contributed by atoms with Crippen molar-refractivity contribution < 1.29 is 27.4 Å². The Labute approximate surface area is 172 Å². The SMILES string of the molecule is COc1ccc(C(=O)Nc2ccccc2C(F)(F)F)cc1COCc1ccccc1. The van der Waals surface area contributed by atoms with Crippen molar-refractivity contribution in [3.05, 3.63) is 95.1 Å². The third kappa shape index (κ3) is 5.39. The standard InChI is InChI=1S/C23H20F3NO3/c1-29-21-12-11-17(13-18(21)15-30-14-16-7-3-2-4-8-16)22(28)27-20-10-6-5-9-19(20)23(24,25)26/h2-13H,14-15H2,1H3,(H,27,28). The van der Waals surface area contributed by atoms with Crippen LogP contribution in [0.1, 0.15) is 27.0 Å². The average molecular weight is 415 g/mol.